The number of aromatic nitrogens is 5. The van der Waals surface area contributed by atoms with Crippen LogP contribution in [-0.2, 0) is 9.84 Å². The van der Waals surface area contributed by atoms with E-state index < -0.39 is 34.4 Å². The normalized spacial score (nSPS) is 13.3. The molecule has 0 aliphatic rings. The minimum absolute atomic E-state index is 0.00549. The van der Waals surface area contributed by atoms with Crippen molar-refractivity contribution in [2.75, 3.05) is 24.2 Å². The molecule has 3 aromatic heterocycles. The van der Waals surface area contributed by atoms with Gasteiger partial charge in [-0.25, -0.2) is 23.4 Å². The fourth-order valence-corrected chi connectivity index (χ4v) is 3.75. The van der Waals surface area contributed by atoms with Crippen LogP contribution in [0.25, 0.3) is 16.9 Å². The summed E-state index contributed by atoms with van der Waals surface area (Å²) in [6, 6.07) is 1.61. The summed E-state index contributed by atoms with van der Waals surface area (Å²) in [5.41, 5.74) is -0.00965. The molecule has 0 amide bonds. The molecule has 9 nitrogen and oxygen atoms in total. The summed E-state index contributed by atoms with van der Waals surface area (Å²) >= 11 is 0. The number of fused-ring (bicyclic) bond motifs is 1. The standard InChI is InChI=1S/C20H23F5N6O3S/c1-5-35(32,33)17-15(16-26-7-6-13(31(16)30-17)29-10-18(2,3)4)12-8-28-14(9-27-12)34-11-19(21,22)20(23,24)25/h6-9,29H,5,10-11H2,1-4H3. The highest BCUT2D eigenvalue weighted by Gasteiger charge is 2.58. The van der Waals surface area contributed by atoms with E-state index in [-0.39, 0.29) is 33.1 Å². The van der Waals surface area contributed by atoms with Gasteiger partial charge >= 0.3 is 12.1 Å². The van der Waals surface area contributed by atoms with Crippen molar-refractivity contribution in [3.63, 3.8) is 0 Å². The Balaban J connectivity index is 2.03. The minimum atomic E-state index is -5.79. The highest BCUT2D eigenvalue weighted by atomic mass is 32.2. The molecular formula is C20H23F5N6O3S. The quantitative estimate of drug-likeness (QED) is 0.442. The zero-order valence-corrected chi connectivity index (χ0v) is 20.0. The second kappa shape index (κ2) is 9.17. The summed E-state index contributed by atoms with van der Waals surface area (Å²) in [5, 5.41) is 7.09. The molecule has 3 heterocycles. The molecule has 192 valence electrons. The molecule has 0 aromatic carbocycles. The van der Waals surface area contributed by atoms with Crippen molar-refractivity contribution in [2.45, 2.75) is 44.8 Å². The number of alkyl halides is 5. The zero-order valence-electron chi connectivity index (χ0n) is 19.2. The van der Waals surface area contributed by atoms with Crippen LogP contribution in [-0.4, -0.2) is 64.0 Å². The maximum Gasteiger partial charge on any atom is 0.456 e. The van der Waals surface area contributed by atoms with Gasteiger partial charge in [0.2, 0.25) is 5.88 Å². The molecule has 0 fully saturated rings. The molecule has 35 heavy (non-hydrogen) atoms. The molecule has 0 saturated heterocycles. The second-order valence-corrected chi connectivity index (χ2v) is 11.0. The molecule has 0 bridgehead atoms. The number of halogens is 5. The first-order valence-corrected chi connectivity index (χ1v) is 11.9. The van der Waals surface area contributed by atoms with Crippen molar-refractivity contribution in [2.24, 2.45) is 5.41 Å². The van der Waals surface area contributed by atoms with E-state index in [4.69, 9.17) is 0 Å². The summed E-state index contributed by atoms with van der Waals surface area (Å²) in [5.74, 6) is -5.51. The number of sulfone groups is 1. The van der Waals surface area contributed by atoms with Gasteiger partial charge in [0.25, 0.3) is 0 Å². The van der Waals surface area contributed by atoms with E-state index in [0.717, 1.165) is 12.4 Å². The molecule has 0 unspecified atom stereocenters. The first-order valence-electron chi connectivity index (χ1n) is 10.3. The maximum atomic E-state index is 13.1. The van der Waals surface area contributed by atoms with Crippen molar-refractivity contribution in [3.8, 4) is 17.1 Å². The van der Waals surface area contributed by atoms with Crippen molar-refractivity contribution in [1.29, 1.82) is 0 Å². The van der Waals surface area contributed by atoms with Gasteiger partial charge < -0.3 is 10.1 Å². The third-order valence-electron chi connectivity index (χ3n) is 4.66. The number of hydrogen-bond acceptors (Lipinski definition) is 8. The van der Waals surface area contributed by atoms with E-state index in [2.05, 4.69) is 30.1 Å². The van der Waals surface area contributed by atoms with E-state index in [0.29, 0.717) is 12.4 Å². The molecule has 3 aromatic rings. The minimum Gasteiger partial charge on any atom is -0.470 e. The van der Waals surface area contributed by atoms with E-state index >= 15 is 0 Å². The summed E-state index contributed by atoms with van der Waals surface area (Å²) in [4.78, 5) is 11.9. The highest BCUT2D eigenvalue weighted by Crippen LogP contribution is 2.36. The van der Waals surface area contributed by atoms with Crippen LogP contribution in [0.4, 0.5) is 27.8 Å². The Morgan fingerprint density at radius 2 is 1.74 bits per heavy atom. The van der Waals surface area contributed by atoms with E-state index in [1.54, 1.807) is 6.07 Å². The third-order valence-corrected chi connectivity index (χ3v) is 6.30. The molecule has 0 atom stereocenters. The van der Waals surface area contributed by atoms with Gasteiger partial charge in [-0.2, -0.15) is 31.6 Å². The number of nitrogens with zero attached hydrogens (tertiary/aromatic N) is 5. The van der Waals surface area contributed by atoms with Gasteiger partial charge in [0.1, 0.15) is 5.82 Å². The molecule has 0 aliphatic heterocycles. The molecule has 1 N–H and O–H groups in total. The Morgan fingerprint density at radius 3 is 2.29 bits per heavy atom. The average Bonchev–Trinajstić information content (AvgIpc) is 3.16. The van der Waals surface area contributed by atoms with E-state index in [1.807, 2.05) is 20.8 Å². The Morgan fingerprint density at radius 1 is 1.06 bits per heavy atom. The van der Waals surface area contributed by atoms with Crippen molar-refractivity contribution < 1.29 is 35.1 Å². The summed E-state index contributed by atoms with van der Waals surface area (Å²) in [6.07, 6.45) is -2.54. The number of anilines is 1. The van der Waals surface area contributed by atoms with Crippen LogP contribution in [0.5, 0.6) is 5.88 Å². The molecular weight excluding hydrogens is 499 g/mol. The SMILES string of the molecule is CCS(=O)(=O)c1nn2c(NCC(C)(C)C)ccnc2c1-c1cnc(OCC(F)(F)C(F)(F)F)cn1. The molecule has 0 saturated carbocycles. The van der Waals surface area contributed by atoms with Gasteiger partial charge in [0.05, 0.1) is 29.4 Å². The topological polar surface area (TPSA) is 111 Å². The van der Waals surface area contributed by atoms with Crippen molar-refractivity contribution in [3.05, 3.63) is 24.7 Å². The van der Waals surface area contributed by atoms with Crippen LogP contribution >= 0.6 is 0 Å². The fourth-order valence-electron chi connectivity index (χ4n) is 2.76. The Bertz CT molecular complexity index is 1300. The molecule has 0 aliphatic carbocycles. The number of ether oxygens (including phenoxy) is 1. The fraction of sp³-hybridized carbons (Fsp3) is 0.500. The van der Waals surface area contributed by atoms with Crippen LogP contribution in [0.1, 0.15) is 27.7 Å². The monoisotopic (exact) mass is 522 g/mol. The number of nitrogens with one attached hydrogen (secondary N) is 1. The van der Waals surface area contributed by atoms with Gasteiger partial charge in [0, 0.05) is 12.7 Å². The molecule has 0 radical (unpaired) electrons. The largest absolute Gasteiger partial charge is 0.470 e. The van der Waals surface area contributed by atoms with Gasteiger partial charge in [-0.1, -0.05) is 27.7 Å². The van der Waals surface area contributed by atoms with Gasteiger partial charge in [-0.05, 0) is 11.5 Å². The lowest BCUT2D eigenvalue weighted by Gasteiger charge is -2.19. The van der Waals surface area contributed by atoms with Gasteiger partial charge in [0.15, 0.2) is 27.1 Å². The lowest BCUT2D eigenvalue weighted by atomic mass is 9.97. The smallest absolute Gasteiger partial charge is 0.456 e. The lowest BCUT2D eigenvalue weighted by Crippen LogP contribution is -2.41. The molecule has 0 spiro atoms. The van der Waals surface area contributed by atoms with Crippen LogP contribution in [0.3, 0.4) is 0 Å². The van der Waals surface area contributed by atoms with Crippen molar-refractivity contribution in [1.82, 2.24) is 24.6 Å². The number of rotatable bonds is 8. The average molecular weight is 523 g/mol. The van der Waals surface area contributed by atoms with Crippen LogP contribution in [0.2, 0.25) is 0 Å². The van der Waals surface area contributed by atoms with Gasteiger partial charge in [-0.3, -0.25) is 0 Å². The molecule has 15 heteroatoms. The Kier molecular flexibility index (Phi) is 6.94. The van der Waals surface area contributed by atoms with E-state index in [1.165, 1.54) is 17.6 Å². The second-order valence-electron chi connectivity index (χ2n) is 8.79. The lowest BCUT2D eigenvalue weighted by molar-refractivity contribution is -0.290. The maximum absolute atomic E-state index is 13.1. The van der Waals surface area contributed by atoms with E-state index in [9.17, 15) is 30.4 Å². The number of hydrogen-bond donors (Lipinski definition) is 1. The first kappa shape index (κ1) is 26.5. The summed E-state index contributed by atoms with van der Waals surface area (Å²) in [7, 11) is -3.88. The first-order chi connectivity index (χ1) is 16.1. The van der Waals surface area contributed by atoms with Crippen LogP contribution in [0.15, 0.2) is 29.7 Å². The molecule has 3 rings (SSSR count). The predicted octanol–water partition coefficient (Wildman–Crippen LogP) is 4.01. The van der Waals surface area contributed by atoms with Gasteiger partial charge in [-0.15, -0.1) is 0 Å². The van der Waals surface area contributed by atoms with Crippen LogP contribution < -0.4 is 10.1 Å². The third kappa shape index (κ3) is 5.77. The summed E-state index contributed by atoms with van der Waals surface area (Å²) < 4.78 is 94.5. The highest BCUT2D eigenvalue weighted by molar-refractivity contribution is 7.91. The predicted molar refractivity (Wildman–Crippen MR) is 116 cm³/mol. The Hall–Kier alpha value is -3.10. The summed E-state index contributed by atoms with van der Waals surface area (Å²) in [6.45, 7) is 5.99. The van der Waals surface area contributed by atoms with Crippen LogP contribution in [0, 0.1) is 5.41 Å². The van der Waals surface area contributed by atoms with Crippen molar-refractivity contribution >= 4 is 21.3 Å². The Labute approximate surface area is 197 Å². The zero-order chi connectivity index (χ0) is 26.2.